The molecule has 4 rings (SSSR count). The number of anilines is 1. The number of nitrogens with zero attached hydrogens (tertiary/aromatic N) is 5. The predicted molar refractivity (Wildman–Crippen MR) is 133 cm³/mol. The Balaban J connectivity index is 1.39. The van der Waals surface area contributed by atoms with Crippen molar-refractivity contribution in [2.24, 2.45) is 0 Å². The quantitative estimate of drug-likeness (QED) is 0.301. The standard InChI is InChI=1S/C22H24Cl4N6O2/c1-3-4-7-32-20-19(28-21(26)29-20)12(2)31(22(32)33)8-5-6-18-27-17(30-34-18)10-13-9-15(24)16(25)11-14(13)23/h9,11-12H,3-8,10H2,1-2H3,(H,28,29). The fourth-order valence-electron chi connectivity index (χ4n) is 3.95. The van der Waals surface area contributed by atoms with Gasteiger partial charge in [-0.3, -0.25) is 4.90 Å². The first-order chi connectivity index (χ1) is 16.3. The highest BCUT2D eigenvalue weighted by Gasteiger charge is 2.37. The van der Waals surface area contributed by atoms with Crippen LogP contribution in [0.1, 0.15) is 62.1 Å². The number of hydrogen-bond acceptors (Lipinski definition) is 5. The van der Waals surface area contributed by atoms with Gasteiger partial charge in [0, 0.05) is 31.0 Å². The van der Waals surface area contributed by atoms with Crippen LogP contribution in [0, 0.1) is 0 Å². The monoisotopic (exact) mass is 544 g/mol. The number of carbonyl (C=O) groups excluding carboxylic acids is 1. The van der Waals surface area contributed by atoms with Gasteiger partial charge in [0.25, 0.3) is 0 Å². The number of fused-ring (bicyclic) bond motifs is 1. The molecular weight excluding hydrogens is 522 g/mol. The molecule has 1 N–H and O–H groups in total. The molecule has 0 saturated heterocycles. The Hall–Kier alpha value is -2.00. The number of aryl methyl sites for hydroxylation is 1. The lowest BCUT2D eigenvalue weighted by Crippen LogP contribution is -2.49. The lowest BCUT2D eigenvalue weighted by molar-refractivity contribution is 0.177. The van der Waals surface area contributed by atoms with Gasteiger partial charge in [0.2, 0.25) is 11.2 Å². The molecule has 2 aromatic heterocycles. The van der Waals surface area contributed by atoms with E-state index in [4.69, 9.17) is 50.9 Å². The van der Waals surface area contributed by atoms with Gasteiger partial charge in [0.15, 0.2) is 11.6 Å². The Morgan fingerprint density at radius 3 is 2.59 bits per heavy atom. The zero-order chi connectivity index (χ0) is 24.4. The fraction of sp³-hybridized carbons (Fsp3) is 0.455. The number of urea groups is 1. The molecule has 3 heterocycles. The number of aromatic amines is 1. The van der Waals surface area contributed by atoms with Crippen LogP contribution in [-0.2, 0) is 12.8 Å². The second-order valence-electron chi connectivity index (χ2n) is 8.16. The van der Waals surface area contributed by atoms with Crippen molar-refractivity contribution in [3.8, 4) is 0 Å². The molecular formula is C22H24Cl4N6O2. The Morgan fingerprint density at radius 1 is 1.06 bits per heavy atom. The van der Waals surface area contributed by atoms with Crippen molar-refractivity contribution in [3.05, 3.63) is 55.5 Å². The summed E-state index contributed by atoms with van der Waals surface area (Å²) in [5, 5.41) is 5.63. The van der Waals surface area contributed by atoms with Crippen LogP contribution in [0.3, 0.4) is 0 Å². The smallest absolute Gasteiger partial charge is 0.326 e. The third kappa shape index (κ3) is 5.30. The molecule has 12 heteroatoms. The van der Waals surface area contributed by atoms with E-state index in [1.165, 1.54) is 0 Å². The molecule has 0 fully saturated rings. The number of amides is 2. The zero-order valence-corrected chi connectivity index (χ0v) is 21.8. The lowest BCUT2D eigenvalue weighted by atomic mass is 10.1. The molecule has 0 saturated carbocycles. The molecule has 2 amide bonds. The van der Waals surface area contributed by atoms with Crippen LogP contribution in [0.4, 0.5) is 10.6 Å². The van der Waals surface area contributed by atoms with Gasteiger partial charge in [-0.05, 0) is 49.1 Å². The highest BCUT2D eigenvalue weighted by molar-refractivity contribution is 6.43. The van der Waals surface area contributed by atoms with Crippen molar-refractivity contribution >= 4 is 58.3 Å². The molecule has 0 spiro atoms. The molecule has 1 aliphatic heterocycles. The number of carbonyl (C=O) groups is 1. The summed E-state index contributed by atoms with van der Waals surface area (Å²) in [7, 11) is 0. The van der Waals surface area contributed by atoms with Crippen molar-refractivity contribution in [2.45, 2.75) is 52.0 Å². The second-order valence-corrected chi connectivity index (χ2v) is 9.74. The number of nitrogens with one attached hydrogen (secondary N) is 1. The minimum absolute atomic E-state index is 0.0721. The van der Waals surface area contributed by atoms with Crippen molar-refractivity contribution in [1.29, 1.82) is 0 Å². The first-order valence-electron chi connectivity index (χ1n) is 11.1. The third-order valence-corrected chi connectivity index (χ3v) is 7.03. The van der Waals surface area contributed by atoms with E-state index in [-0.39, 0.29) is 17.4 Å². The summed E-state index contributed by atoms with van der Waals surface area (Å²) in [6.07, 6.45) is 3.41. The molecule has 1 aromatic carbocycles. The molecule has 0 radical (unpaired) electrons. The number of H-pyrrole nitrogens is 1. The van der Waals surface area contributed by atoms with Crippen molar-refractivity contribution < 1.29 is 9.32 Å². The minimum Gasteiger partial charge on any atom is -0.339 e. The third-order valence-electron chi connectivity index (χ3n) is 5.77. The number of aromatic nitrogens is 4. The van der Waals surface area contributed by atoms with E-state index in [1.54, 1.807) is 17.0 Å². The van der Waals surface area contributed by atoms with Gasteiger partial charge in [0.1, 0.15) is 0 Å². The number of imidazole rings is 1. The summed E-state index contributed by atoms with van der Waals surface area (Å²) in [6.45, 7) is 5.17. The average Bonchev–Trinajstić information content (AvgIpc) is 3.40. The fourth-order valence-corrected chi connectivity index (χ4v) is 4.77. The van der Waals surface area contributed by atoms with Crippen LogP contribution in [0.2, 0.25) is 20.4 Å². The van der Waals surface area contributed by atoms with E-state index in [9.17, 15) is 4.79 Å². The van der Waals surface area contributed by atoms with E-state index >= 15 is 0 Å². The molecule has 3 aromatic rings. The SMILES string of the molecule is CCCCN1C(=O)N(CCCc2nc(Cc3cc(Cl)c(Cl)cc3Cl)no2)C(C)c2[nH]c(Cl)nc21. The molecule has 182 valence electrons. The maximum absolute atomic E-state index is 13.2. The van der Waals surface area contributed by atoms with Crippen LogP contribution in [0.25, 0.3) is 0 Å². The maximum Gasteiger partial charge on any atom is 0.326 e. The number of hydrogen-bond donors (Lipinski definition) is 1. The van der Waals surface area contributed by atoms with E-state index in [0.29, 0.717) is 65.0 Å². The molecule has 1 aliphatic rings. The van der Waals surface area contributed by atoms with Gasteiger partial charge in [-0.25, -0.2) is 4.79 Å². The number of unbranched alkanes of at least 4 members (excludes halogenated alkanes) is 1. The van der Waals surface area contributed by atoms with Crippen molar-refractivity contribution in [1.82, 2.24) is 25.0 Å². The molecule has 0 aliphatic carbocycles. The Bertz CT molecular complexity index is 1180. The van der Waals surface area contributed by atoms with E-state index in [1.807, 2.05) is 11.8 Å². The number of rotatable bonds is 9. The highest BCUT2D eigenvalue weighted by Crippen LogP contribution is 2.36. The van der Waals surface area contributed by atoms with Gasteiger partial charge in [-0.1, -0.05) is 53.3 Å². The molecule has 0 bridgehead atoms. The van der Waals surface area contributed by atoms with Gasteiger partial charge in [0.05, 0.1) is 21.8 Å². The maximum atomic E-state index is 13.2. The largest absolute Gasteiger partial charge is 0.339 e. The van der Waals surface area contributed by atoms with Gasteiger partial charge < -0.3 is 14.4 Å². The molecule has 1 atom stereocenters. The lowest BCUT2D eigenvalue weighted by Gasteiger charge is -2.38. The Labute approximate surface area is 217 Å². The van der Waals surface area contributed by atoms with E-state index < -0.39 is 0 Å². The molecule has 8 nitrogen and oxygen atoms in total. The normalized spacial score (nSPS) is 15.8. The van der Waals surface area contributed by atoms with Gasteiger partial charge in [-0.2, -0.15) is 9.97 Å². The summed E-state index contributed by atoms with van der Waals surface area (Å²) >= 11 is 24.4. The summed E-state index contributed by atoms with van der Waals surface area (Å²) in [5.74, 6) is 1.62. The minimum atomic E-state index is -0.171. The summed E-state index contributed by atoms with van der Waals surface area (Å²) in [4.78, 5) is 28.6. The Morgan fingerprint density at radius 2 is 1.82 bits per heavy atom. The summed E-state index contributed by atoms with van der Waals surface area (Å²) < 4.78 is 5.40. The van der Waals surface area contributed by atoms with Crippen LogP contribution >= 0.6 is 46.4 Å². The number of halogens is 4. The molecule has 1 unspecified atom stereocenters. The second kappa shape index (κ2) is 10.7. The Kier molecular flexibility index (Phi) is 7.92. The van der Waals surface area contributed by atoms with Crippen LogP contribution in [0.5, 0.6) is 0 Å². The zero-order valence-electron chi connectivity index (χ0n) is 18.7. The number of benzene rings is 1. The summed E-state index contributed by atoms with van der Waals surface area (Å²) in [5.41, 5.74) is 1.61. The summed E-state index contributed by atoms with van der Waals surface area (Å²) in [6, 6.07) is 3.06. The predicted octanol–water partition coefficient (Wildman–Crippen LogP) is 6.73. The van der Waals surface area contributed by atoms with Crippen molar-refractivity contribution in [2.75, 3.05) is 18.0 Å². The van der Waals surface area contributed by atoms with E-state index in [2.05, 4.69) is 27.0 Å². The molecule has 34 heavy (non-hydrogen) atoms. The first kappa shape index (κ1) is 25.1. The average molecular weight is 546 g/mol. The first-order valence-corrected chi connectivity index (χ1v) is 12.6. The topological polar surface area (TPSA) is 91.2 Å². The van der Waals surface area contributed by atoms with E-state index in [0.717, 1.165) is 24.1 Å². The highest BCUT2D eigenvalue weighted by atomic mass is 35.5. The van der Waals surface area contributed by atoms with Crippen LogP contribution in [-0.4, -0.2) is 44.1 Å². The van der Waals surface area contributed by atoms with Crippen LogP contribution < -0.4 is 4.90 Å². The van der Waals surface area contributed by atoms with Gasteiger partial charge >= 0.3 is 6.03 Å². The van der Waals surface area contributed by atoms with Crippen molar-refractivity contribution in [3.63, 3.8) is 0 Å². The van der Waals surface area contributed by atoms with Gasteiger partial charge in [-0.15, -0.1) is 0 Å². The van der Waals surface area contributed by atoms with Crippen LogP contribution in [0.15, 0.2) is 16.7 Å².